The summed E-state index contributed by atoms with van der Waals surface area (Å²) in [6.45, 7) is 9.13. The minimum atomic E-state index is -0.129. The summed E-state index contributed by atoms with van der Waals surface area (Å²) in [5, 5.41) is 16.1. The highest BCUT2D eigenvalue weighted by molar-refractivity contribution is 5.92. The highest BCUT2D eigenvalue weighted by atomic mass is 16.2. The van der Waals surface area contributed by atoms with Gasteiger partial charge in [0.25, 0.3) is 5.91 Å². The average Bonchev–Trinajstić information content (AvgIpc) is 3.15. The van der Waals surface area contributed by atoms with E-state index >= 15 is 0 Å². The molecule has 0 aliphatic heterocycles. The van der Waals surface area contributed by atoms with E-state index in [2.05, 4.69) is 34.5 Å². The Morgan fingerprint density at radius 2 is 2.04 bits per heavy atom. The minimum absolute atomic E-state index is 0.129. The molecular weight excluding hydrogens is 306 g/mol. The smallest absolute Gasteiger partial charge is 0.269 e. The predicted molar refractivity (Wildman–Crippen MR) is 90.9 cm³/mol. The van der Waals surface area contributed by atoms with Gasteiger partial charge in [0.15, 0.2) is 0 Å². The molecular formula is C16H23N7O. The lowest BCUT2D eigenvalue weighted by Gasteiger charge is -2.06. The van der Waals surface area contributed by atoms with Crippen molar-refractivity contribution >= 4 is 16.9 Å². The number of aryl methyl sites for hydroxylation is 3. The molecule has 0 aromatic carbocycles. The van der Waals surface area contributed by atoms with Gasteiger partial charge in [-0.15, -0.1) is 0 Å². The Bertz CT molecular complexity index is 884. The van der Waals surface area contributed by atoms with E-state index in [1.807, 2.05) is 29.4 Å². The number of aromatic nitrogens is 6. The van der Waals surface area contributed by atoms with Crippen LogP contribution in [0.3, 0.4) is 0 Å². The van der Waals surface area contributed by atoms with Crippen molar-refractivity contribution in [1.82, 2.24) is 34.7 Å². The molecule has 3 aromatic heterocycles. The number of carbonyl (C=O) groups excluding carboxylic acids is 1. The number of rotatable bonds is 5. The van der Waals surface area contributed by atoms with Crippen molar-refractivity contribution < 1.29 is 4.79 Å². The van der Waals surface area contributed by atoms with Crippen LogP contribution in [-0.2, 0) is 13.6 Å². The van der Waals surface area contributed by atoms with Crippen LogP contribution in [0.4, 0.5) is 0 Å². The number of hydrogen-bond acceptors (Lipinski definition) is 4. The standard InChI is InChI=1S/C16H23N7O/c1-10(2)23-14-9-18-22(15(14)12(4)20-23)7-6-17-16(24)13-8-11(3)19-21(13)5/h8-10H,6-7H2,1-5H3,(H,17,24). The van der Waals surface area contributed by atoms with Crippen molar-refractivity contribution in [3.05, 3.63) is 29.3 Å². The van der Waals surface area contributed by atoms with Gasteiger partial charge in [-0.3, -0.25) is 18.8 Å². The van der Waals surface area contributed by atoms with Crippen LogP contribution in [0.25, 0.3) is 11.0 Å². The van der Waals surface area contributed by atoms with Crippen LogP contribution >= 0.6 is 0 Å². The summed E-state index contributed by atoms with van der Waals surface area (Å²) < 4.78 is 5.46. The molecule has 0 unspecified atom stereocenters. The highest BCUT2D eigenvalue weighted by Crippen LogP contribution is 2.20. The molecule has 0 spiro atoms. The van der Waals surface area contributed by atoms with Gasteiger partial charge in [-0.05, 0) is 33.8 Å². The Labute approximate surface area is 140 Å². The first-order valence-corrected chi connectivity index (χ1v) is 8.08. The van der Waals surface area contributed by atoms with Crippen LogP contribution in [0.2, 0.25) is 0 Å². The number of nitrogens with one attached hydrogen (secondary N) is 1. The van der Waals surface area contributed by atoms with E-state index in [9.17, 15) is 4.79 Å². The Balaban J connectivity index is 1.70. The van der Waals surface area contributed by atoms with E-state index < -0.39 is 0 Å². The quantitative estimate of drug-likeness (QED) is 0.770. The maximum atomic E-state index is 12.2. The Morgan fingerprint density at radius 1 is 1.29 bits per heavy atom. The molecule has 0 aliphatic rings. The third kappa shape index (κ3) is 2.79. The lowest BCUT2D eigenvalue weighted by Crippen LogP contribution is -2.29. The summed E-state index contributed by atoms with van der Waals surface area (Å²) in [6, 6.07) is 2.06. The summed E-state index contributed by atoms with van der Waals surface area (Å²) in [5.74, 6) is -0.129. The van der Waals surface area contributed by atoms with Gasteiger partial charge in [-0.2, -0.15) is 15.3 Å². The van der Waals surface area contributed by atoms with Crippen LogP contribution in [0.5, 0.6) is 0 Å². The normalized spacial score (nSPS) is 11.6. The average molecular weight is 329 g/mol. The molecule has 24 heavy (non-hydrogen) atoms. The second kappa shape index (κ2) is 6.10. The Hall–Kier alpha value is -2.64. The fourth-order valence-electron chi connectivity index (χ4n) is 2.93. The molecule has 0 radical (unpaired) electrons. The SMILES string of the molecule is Cc1cc(C(=O)NCCn2ncc3c2c(C)nn3C(C)C)n(C)n1. The molecule has 3 aromatic rings. The third-order valence-corrected chi connectivity index (χ3v) is 4.00. The molecule has 1 amide bonds. The molecule has 1 N–H and O–H groups in total. The van der Waals surface area contributed by atoms with Crippen LogP contribution in [0, 0.1) is 13.8 Å². The molecule has 8 nitrogen and oxygen atoms in total. The van der Waals surface area contributed by atoms with Gasteiger partial charge < -0.3 is 5.32 Å². The van der Waals surface area contributed by atoms with Crippen LogP contribution in [0.15, 0.2) is 12.3 Å². The van der Waals surface area contributed by atoms with Gasteiger partial charge in [0.05, 0.1) is 24.1 Å². The first-order valence-electron chi connectivity index (χ1n) is 8.08. The number of hydrogen-bond donors (Lipinski definition) is 1. The number of fused-ring (bicyclic) bond motifs is 1. The summed E-state index contributed by atoms with van der Waals surface area (Å²) in [7, 11) is 1.77. The largest absolute Gasteiger partial charge is 0.349 e. The summed E-state index contributed by atoms with van der Waals surface area (Å²) in [5.41, 5.74) is 4.38. The van der Waals surface area contributed by atoms with Crippen molar-refractivity contribution in [3.63, 3.8) is 0 Å². The zero-order valence-corrected chi connectivity index (χ0v) is 14.7. The fraction of sp³-hybridized carbons (Fsp3) is 0.500. The second-order valence-electron chi connectivity index (χ2n) is 6.28. The molecule has 3 rings (SSSR count). The van der Waals surface area contributed by atoms with Gasteiger partial charge >= 0.3 is 0 Å². The topological polar surface area (TPSA) is 82.6 Å². The lowest BCUT2D eigenvalue weighted by atomic mass is 10.3. The van der Waals surface area contributed by atoms with E-state index in [-0.39, 0.29) is 11.9 Å². The second-order valence-corrected chi connectivity index (χ2v) is 6.28. The van der Waals surface area contributed by atoms with E-state index in [0.717, 1.165) is 22.4 Å². The number of amides is 1. The molecule has 0 aliphatic carbocycles. The first kappa shape index (κ1) is 16.2. The molecule has 0 bridgehead atoms. The van der Waals surface area contributed by atoms with Gasteiger partial charge in [-0.25, -0.2) is 0 Å². The lowest BCUT2D eigenvalue weighted by molar-refractivity contribution is 0.0942. The monoisotopic (exact) mass is 329 g/mol. The highest BCUT2D eigenvalue weighted by Gasteiger charge is 2.16. The van der Waals surface area contributed by atoms with E-state index in [1.165, 1.54) is 0 Å². The van der Waals surface area contributed by atoms with E-state index in [0.29, 0.717) is 18.8 Å². The van der Waals surface area contributed by atoms with E-state index in [1.54, 1.807) is 17.8 Å². The molecule has 128 valence electrons. The summed E-state index contributed by atoms with van der Waals surface area (Å²) >= 11 is 0. The maximum absolute atomic E-state index is 12.2. The van der Waals surface area contributed by atoms with Gasteiger partial charge in [0, 0.05) is 19.6 Å². The van der Waals surface area contributed by atoms with Gasteiger partial charge in [0.2, 0.25) is 0 Å². The van der Waals surface area contributed by atoms with Gasteiger partial charge in [-0.1, -0.05) is 0 Å². The van der Waals surface area contributed by atoms with Crippen LogP contribution < -0.4 is 5.32 Å². The van der Waals surface area contributed by atoms with Crippen LogP contribution in [0.1, 0.15) is 41.8 Å². The molecule has 3 heterocycles. The summed E-state index contributed by atoms with van der Waals surface area (Å²) in [6.07, 6.45) is 1.83. The molecule has 8 heteroatoms. The Kier molecular flexibility index (Phi) is 4.13. The zero-order valence-electron chi connectivity index (χ0n) is 14.7. The van der Waals surface area contributed by atoms with Gasteiger partial charge in [0.1, 0.15) is 16.7 Å². The third-order valence-electron chi connectivity index (χ3n) is 4.00. The molecule has 0 atom stereocenters. The zero-order chi connectivity index (χ0) is 17.4. The Morgan fingerprint density at radius 3 is 2.67 bits per heavy atom. The van der Waals surface area contributed by atoms with Crippen molar-refractivity contribution in [2.24, 2.45) is 7.05 Å². The first-order chi connectivity index (χ1) is 11.4. The summed E-state index contributed by atoms with van der Waals surface area (Å²) in [4.78, 5) is 12.2. The maximum Gasteiger partial charge on any atom is 0.269 e. The molecule has 0 fully saturated rings. The van der Waals surface area contributed by atoms with E-state index in [4.69, 9.17) is 0 Å². The molecule has 0 saturated heterocycles. The number of carbonyl (C=O) groups is 1. The predicted octanol–water partition coefficient (Wildman–Crippen LogP) is 1.59. The fourth-order valence-corrected chi connectivity index (χ4v) is 2.93. The number of nitrogens with zero attached hydrogens (tertiary/aromatic N) is 6. The van der Waals surface area contributed by atoms with Crippen LogP contribution in [-0.4, -0.2) is 41.8 Å². The van der Waals surface area contributed by atoms with Crippen molar-refractivity contribution in [1.29, 1.82) is 0 Å². The molecule has 0 saturated carbocycles. The minimum Gasteiger partial charge on any atom is -0.349 e. The van der Waals surface area contributed by atoms with Crippen molar-refractivity contribution in [2.75, 3.05) is 6.54 Å². The van der Waals surface area contributed by atoms with Crippen molar-refractivity contribution in [2.45, 2.75) is 40.3 Å². The van der Waals surface area contributed by atoms with Crippen molar-refractivity contribution in [3.8, 4) is 0 Å².